The summed E-state index contributed by atoms with van der Waals surface area (Å²) in [6, 6.07) is 0. The Morgan fingerprint density at radius 2 is 1.69 bits per heavy atom. The van der Waals surface area contributed by atoms with Crippen molar-refractivity contribution in [2.75, 3.05) is 0 Å². The van der Waals surface area contributed by atoms with E-state index in [1.807, 2.05) is 0 Å². The average molecular weight is 194 g/mol. The molecule has 4 atom stereocenters. The first kappa shape index (κ1) is 12.3. The Morgan fingerprint density at radius 3 is 1.92 bits per heavy atom. The van der Waals surface area contributed by atoms with E-state index in [0.717, 1.165) is 6.92 Å². The molecule has 6 nitrogen and oxygen atoms in total. The first-order chi connectivity index (χ1) is 5.71. The Labute approximate surface area is 75.1 Å². The minimum atomic E-state index is -2.28. The quantitative estimate of drug-likeness (QED) is 0.350. The third-order valence-corrected chi connectivity index (χ3v) is 1.84. The van der Waals surface area contributed by atoms with Gasteiger partial charge in [0.1, 0.15) is 11.7 Å². The highest BCUT2D eigenvalue weighted by Gasteiger charge is 2.44. The molecule has 0 saturated heterocycles. The highest BCUT2D eigenvalue weighted by Crippen LogP contribution is 2.18. The number of aliphatic hydroxyl groups excluding tert-OH is 3. The lowest BCUT2D eigenvalue weighted by molar-refractivity contribution is -0.186. The van der Waals surface area contributed by atoms with Crippen LogP contribution in [0.15, 0.2) is 0 Å². The fourth-order valence-electron chi connectivity index (χ4n) is 0.900. The summed E-state index contributed by atoms with van der Waals surface area (Å²) in [6.07, 6.45) is -5.19. The second kappa shape index (κ2) is 4.01. The van der Waals surface area contributed by atoms with E-state index in [2.05, 4.69) is 0 Å². The Kier molecular flexibility index (Phi) is 3.80. The largest absolute Gasteiger partial charge is 0.479 e. The van der Waals surface area contributed by atoms with Crippen LogP contribution in [-0.4, -0.2) is 55.4 Å². The summed E-state index contributed by atoms with van der Waals surface area (Å²) in [5.41, 5.74) is -2.28. The highest BCUT2D eigenvalue weighted by molar-refractivity contribution is 5.73. The molecule has 0 radical (unpaired) electrons. The van der Waals surface area contributed by atoms with Gasteiger partial charge in [-0.25, -0.2) is 4.79 Å². The van der Waals surface area contributed by atoms with E-state index in [0.29, 0.717) is 0 Å². The number of carbonyl (C=O) groups is 1. The lowest BCUT2D eigenvalue weighted by atomic mass is 9.89. The number of rotatable bonds is 4. The van der Waals surface area contributed by atoms with Crippen molar-refractivity contribution in [2.24, 2.45) is 0 Å². The Bertz CT molecular complexity index is 187. The van der Waals surface area contributed by atoms with E-state index in [4.69, 9.17) is 20.4 Å². The van der Waals surface area contributed by atoms with Gasteiger partial charge in [0.05, 0.1) is 6.10 Å². The summed E-state index contributed by atoms with van der Waals surface area (Å²) in [4.78, 5) is 10.3. The molecule has 6 heteroatoms. The van der Waals surface area contributed by atoms with Crippen LogP contribution < -0.4 is 0 Å². The Morgan fingerprint density at radius 1 is 1.31 bits per heavy atom. The van der Waals surface area contributed by atoms with Gasteiger partial charge in [-0.2, -0.15) is 0 Å². The van der Waals surface area contributed by atoms with Crippen molar-refractivity contribution in [3.63, 3.8) is 0 Å². The predicted molar refractivity (Wildman–Crippen MR) is 42.0 cm³/mol. The maximum atomic E-state index is 10.3. The molecule has 0 saturated carbocycles. The molecule has 0 fully saturated rings. The third-order valence-electron chi connectivity index (χ3n) is 1.84. The molecular formula is C7H14O6. The molecule has 78 valence electrons. The number of aliphatic carboxylic acids is 1. The summed E-state index contributed by atoms with van der Waals surface area (Å²) in [6.45, 7) is 2.11. The summed E-state index contributed by atoms with van der Waals surface area (Å²) >= 11 is 0. The van der Waals surface area contributed by atoms with Gasteiger partial charge in [0.25, 0.3) is 0 Å². The number of hydrogen-bond acceptors (Lipinski definition) is 5. The van der Waals surface area contributed by atoms with Gasteiger partial charge in [-0.15, -0.1) is 0 Å². The zero-order valence-electron chi connectivity index (χ0n) is 7.38. The molecule has 0 aromatic rings. The lowest BCUT2D eigenvalue weighted by Crippen LogP contribution is -2.56. The fourth-order valence-corrected chi connectivity index (χ4v) is 0.900. The normalized spacial score (nSPS) is 22.9. The molecule has 0 aliphatic carbocycles. The van der Waals surface area contributed by atoms with E-state index >= 15 is 0 Å². The monoisotopic (exact) mass is 194 g/mol. The molecule has 0 aliphatic rings. The molecular weight excluding hydrogens is 180 g/mol. The van der Waals surface area contributed by atoms with E-state index in [1.54, 1.807) is 0 Å². The molecule has 0 unspecified atom stereocenters. The molecule has 0 bridgehead atoms. The van der Waals surface area contributed by atoms with Crippen LogP contribution in [0, 0.1) is 0 Å². The average Bonchev–Trinajstić information content (AvgIpc) is 2.01. The van der Waals surface area contributed by atoms with Crippen LogP contribution in [0.1, 0.15) is 13.8 Å². The Balaban J connectivity index is 4.64. The second-order valence-corrected chi connectivity index (χ2v) is 3.15. The summed E-state index contributed by atoms with van der Waals surface area (Å²) in [5.74, 6) is -1.66. The first-order valence-electron chi connectivity index (χ1n) is 3.70. The van der Waals surface area contributed by atoms with E-state index in [9.17, 15) is 9.90 Å². The van der Waals surface area contributed by atoms with Gasteiger partial charge < -0.3 is 25.5 Å². The molecule has 0 rings (SSSR count). The van der Waals surface area contributed by atoms with E-state index in [1.165, 1.54) is 6.92 Å². The molecule has 0 aliphatic heterocycles. The topological polar surface area (TPSA) is 118 Å². The molecule has 0 spiro atoms. The van der Waals surface area contributed by atoms with Crippen molar-refractivity contribution in [1.29, 1.82) is 0 Å². The van der Waals surface area contributed by atoms with Gasteiger partial charge in [0.2, 0.25) is 0 Å². The van der Waals surface area contributed by atoms with Crippen molar-refractivity contribution < 1.29 is 30.3 Å². The highest BCUT2D eigenvalue weighted by atomic mass is 16.4. The zero-order valence-corrected chi connectivity index (χ0v) is 7.38. The van der Waals surface area contributed by atoms with Crippen LogP contribution in [0.4, 0.5) is 0 Å². The van der Waals surface area contributed by atoms with Crippen molar-refractivity contribution in [3.8, 4) is 0 Å². The van der Waals surface area contributed by atoms with Crippen LogP contribution in [0.5, 0.6) is 0 Å². The molecule has 0 amide bonds. The van der Waals surface area contributed by atoms with Gasteiger partial charge in [0, 0.05) is 0 Å². The summed E-state index contributed by atoms with van der Waals surface area (Å²) < 4.78 is 0. The maximum absolute atomic E-state index is 10.3. The minimum Gasteiger partial charge on any atom is -0.479 e. The van der Waals surface area contributed by atoms with Crippen LogP contribution >= 0.6 is 0 Å². The Hall–Kier alpha value is -0.690. The van der Waals surface area contributed by atoms with Crippen molar-refractivity contribution in [1.82, 2.24) is 0 Å². The standard InChI is InChI=1S/C7H14O6/c1-3(8)4(9)7(2,13)5(10)6(11)12/h3-5,8-10,13H,1-2H3,(H,11,12)/t3-,4-,5-,7+/m1/s1. The number of aliphatic hydroxyl groups is 4. The molecule has 0 aromatic heterocycles. The second-order valence-electron chi connectivity index (χ2n) is 3.15. The maximum Gasteiger partial charge on any atom is 0.335 e. The number of hydrogen-bond donors (Lipinski definition) is 5. The first-order valence-corrected chi connectivity index (χ1v) is 3.70. The van der Waals surface area contributed by atoms with E-state index in [-0.39, 0.29) is 0 Å². The van der Waals surface area contributed by atoms with Crippen molar-refractivity contribution in [2.45, 2.75) is 37.8 Å². The minimum absolute atomic E-state index is 0.934. The predicted octanol–water partition coefficient (Wildman–Crippen LogP) is -2.08. The van der Waals surface area contributed by atoms with Gasteiger partial charge in [0.15, 0.2) is 6.10 Å². The van der Waals surface area contributed by atoms with Crippen LogP contribution in [0.25, 0.3) is 0 Å². The SMILES string of the molecule is C[C@@H](O)[C@@H](O)[C@](C)(O)[C@H](O)C(=O)O. The van der Waals surface area contributed by atoms with E-state index < -0.39 is 29.9 Å². The summed E-state index contributed by atoms with van der Waals surface area (Å²) in [5, 5.41) is 44.7. The lowest BCUT2D eigenvalue weighted by Gasteiger charge is -2.32. The van der Waals surface area contributed by atoms with Crippen molar-refractivity contribution in [3.05, 3.63) is 0 Å². The fraction of sp³-hybridized carbons (Fsp3) is 0.857. The molecule has 0 heterocycles. The zero-order chi connectivity index (χ0) is 10.8. The number of carboxylic acid groups (broad SMARTS) is 1. The van der Waals surface area contributed by atoms with Crippen LogP contribution in [-0.2, 0) is 4.79 Å². The van der Waals surface area contributed by atoms with Gasteiger partial charge in [-0.3, -0.25) is 0 Å². The van der Waals surface area contributed by atoms with Crippen LogP contribution in [0.3, 0.4) is 0 Å². The molecule has 0 aromatic carbocycles. The molecule has 5 N–H and O–H groups in total. The summed E-state index contributed by atoms with van der Waals surface area (Å²) in [7, 11) is 0. The smallest absolute Gasteiger partial charge is 0.335 e. The van der Waals surface area contributed by atoms with Gasteiger partial charge in [-0.1, -0.05) is 0 Å². The number of carboxylic acids is 1. The van der Waals surface area contributed by atoms with Crippen molar-refractivity contribution >= 4 is 5.97 Å². The van der Waals surface area contributed by atoms with Gasteiger partial charge in [-0.05, 0) is 13.8 Å². The third kappa shape index (κ3) is 2.63. The van der Waals surface area contributed by atoms with Crippen LogP contribution in [0.2, 0.25) is 0 Å². The molecule has 13 heavy (non-hydrogen) atoms. The van der Waals surface area contributed by atoms with Gasteiger partial charge >= 0.3 is 5.97 Å².